The number of carboxylic acids is 1. The average Bonchev–Trinajstić information content (AvgIpc) is 2.30. The number of carboxylic acid groups (broad SMARTS) is 1. The zero-order valence-electron chi connectivity index (χ0n) is 10.2. The predicted molar refractivity (Wildman–Crippen MR) is 70.4 cm³/mol. The molecule has 0 aliphatic carbocycles. The molecule has 0 unspecified atom stereocenters. The molecule has 0 fully saturated rings. The van der Waals surface area contributed by atoms with E-state index >= 15 is 0 Å². The van der Waals surface area contributed by atoms with E-state index in [0.717, 1.165) is 0 Å². The van der Waals surface area contributed by atoms with Crippen molar-refractivity contribution < 1.29 is 23.1 Å². The van der Waals surface area contributed by atoms with Crippen molar-refractivity contribution in [3.63, 3.8) is 0 Å². The molecule has 1 amide bonds. The maximum atomic E-state index is 11.3. The number of hydrogen-bond donors (Lipinski definition) is 3. The van der Waals surface area contributed by atoms with E-state index in [-0.39, 0.29) is 5.75 Å². The highest BCUT2D eigenvalue weighted by Crippen LogP contribution is 2.15. The Hall–Kier alpha value is -2.09. The van der Waals surface area contributed by atoms with Crippen molar-refractivity contribution in [2.24, 2.45) is 0 Å². The molecule has 0 saturated carbocycles. The Balaban J connectivity index is 2.67. The van der Waals surface area contributed by atoms with Gasteiger partial charge in [-0.2, -0.15) is 0 Å². The summed E-state index contributed by atoms with van der Waals surface area (Å²) in [5, 5.41) is 10.8. The van der Waals surface area contributed by atoms with Gasteiger partial charge in [0.15, 0.2) is 0 Å². The molecule has 1 aromatic carbocycles. The molecule has 19 heavy (non-hydrogen) atoms. The van der Waals surface area contributed by atoms with Crippen LogP contribution in [0.15, 0.2) is 24.3 Å². The van der Waals surface area contributed by atoms with Crippen LogP contribution in [-0.4, -0.2) is 31.2 Å². The number of rotatable bonds is 6. The molecular formula is C11H14N2O5S. The molecule has 7 nitrogen and oxygen atoms in total. The molecule has 0 aliphatic rings. The number of amides is 1. The van der Waals surface area contributed by atoms with Gasteiger partial charge in [-0.3, -0.25) is 14.3 Å². The highest BCUT2D eigenvalue weighted by molar-refractivity contribution is 7.92. The first-order chi connectivity index (χ1) is 8.82. The van der Waals surface area contributed by atoms with Crippen molar-refractivity contribution in [1.82, 2.24) is 0 Å². The lowest BCUT2D eigenvalue weighted by atomic mass is 10.3. The maximum absolute atomic E-state index is 11.3. The smallest absolute Gasteiger partial charge is 0.312 e. The third kappa shape index (κ3) is 5.38. The van der Waals surface area contributed by atoms with Crippen molar-refractivity contribution in [2.75, 3.05) is 15.8 Å². The third-order valence-corrected chi connectivity index (χ3v) is 3.44. The van der Waals surface area contributed by atoms with Crippen molar-refractivity contribution in [1.29, 1.82) is 0 Å². The van der Waals surface area contributed by atoms with E-state index in [1.54, 1.807) is 0 Å². The number of benzene rings is 1. The minimum atomic E-state index is -3.34. The van der Waals surface area contributed by atoms with Crippen LogP contribution in [0.5, 0.6) is 0 Å². The number of anilines is 2. The van der Waals surface area contributed by atoms with Crippen LogP contribution in [-0.2, 0) is 19.6 Å². The molecular weight excluding hydrogens is 272 g/mol. The topological polar surface area (TPSA) is 113 Å². The van der Waals surface area contributed by atoms with E-state index in [9.17, 15) is 18.0 Å². The summed E-state index contributed by atoms with van der Waals surface area (Å²) in [6.45, 7) is 1.52. The van der Waals surface area contributed by atoms with Crippen LogP contribution in [0.25, 0.3) is 0 Å². The highest BCUT2D eigenvalue weighted by atomic mass is 32.2. The first-order valence-corrected chi connectivity index (χ1v) is 7.10. The van der Waals surface area contributed by atoms with Crippen LogP contribution < -0.4 is 10.0 Å². The monoisotopic (exact) mass is 286 g/mol. The second kappa shape index (κ2) is 6.19. The molecule has 1 rings (SSSR count). The number of sulfonamides is 1. The van der Waals surface area contributed by atoms with Gasteiger partial charge in [0.05, 0.1) is 5.75 Å². The van der Waals surface area contributed by atoms with Gasteiger partial charge in [0.1, 0.15) is 6.42 Å². The number of nitrogens with one attached hydrogen (secondary N) is 2. The van der Waals surface area contributed by atoms with Gasteiger partial charge in [0, 0.05) is 11.4 Å². The van der Waals surface area contributed by atoms with Gasteiger partial charge in [0.25, 0.3) is 0 Å². The quantitative estimate of drug-likeness (QED) is 0.671. The van der Waals surface area contributed by atoms with Crippen LogP contribution in [0.3, 0.4) is 0 Å². The van der Waals surface area contributed by atoms with Crippen molar-refractivity contribution in [2.45, 2.75) is 13.3 Å². The first-order valence-electron chi connectivity index (χ1n) is 5.44. The van der Waals surface area contributed by atoms with Crippen LogP contribution in [0.2, 0.25) is 0 Å². The van der Waals surface area contributed by atoms with Crippen LogP contribution >= 0.6 is 0 Å². The standard InChI is InChI=1S/C11H14N2O5S/c1-2-19(17,18)13-9-5-3-8(4-6-9)12-10(14)7-11(15)16/h3-6,13H,2,7H2,1H3,(H,12,14)(H,15,16). The summed E-state index contributed by atoms with van der Waals surface area (Å²) >= 11 is 0. The zero-order chi connectivity index (χ0) is 14.5. The van der Waals surface area contributed by atoms with Gasteiger partial charge in [-0.1, -0.05) is 0 Å². The van der Waals surface area contributed by atoms with Gasteiger partial charge in [-0.05, 0) is 31.2 Å². The lowest BCUT2D eigenvalue weighted by Gasteiger charge is -2.07. The number of carbonyl (C=O) groups is 2. The summed E-state index contributed by atoms with van der Waals surface area (Å²) in [5.74, 6) is -1.90. The third-order valence-electron chi connectivity index (χ3n) is 2.13. The van der Waals surface area contributed by atoms with E-state index in [4.69, 9.17) is 5.11 Å². The van der Waals surface area contributed by atoms with Crippen LogP contribution in [0.1, 0.15) is 13.3 Å². The molecule has 0 heterocycles. The van der Waals surface area contributed by atoms with Crippen molar-refractivity contribution in [3.05, 3.63) is 24.3 Å². The van der Waals surface area contributed by atoms with E-state index in [1.165, 1.54) is 31.2 Å². The predicted octanol–water partition coefficient (Wildman–Crippen LogP) is 0.861. The normalized spacial score (nSPS) is 10.8. The Bertz CT molecular complexity index is 565. The fraction of sp³-hybridized carbons (Fsp3) is 0.273. The Kier molecular flexibility index (Phi) is 4.87. The molecule has 0 bridgehead atoms. The van der Waals surface area contributed by atoms with Crippen LogP contribution in [0.4, 0.5) is 11.4 Å². The summed E-state index contributed by atoms with van der Waals surface area (Å²) in [4.78, 5) is 21.5. The SMILES string of the molecule is CCS(=O)(=O)Nc1ccc(NC(=O)CC(=O)O)cc1. The molecule has 8 heteroatoms. The largest absolute Gasteiger partial charge is 0.481 e. The molecule has 0 saturated heterocycles. The lowest BCUT2D eigenvalue weighted by molar-refractivity contribution is -0.139. The Morgan fingerprint density at radius 2 is 1.68 bits per heavy atom. The lowest BCUT2D eigenvalue weighted by Crippen LogP contribution is -2.16. The van der Waals surface area contributed by atoms with E-state index in [1.807, 2.05) is 0 Å². The van der Waals surface area contributed by atoms with Gasteiger partial charge in [-0.25, -0.2) is 8.42 Å². The summed E-state index contributed by atoms with van der Waals surface area (Å²) in [5.41, 5.74) is 0.767. The molecule has 0 spiro atoms. The second-order valence-electron chi connectivity index (χ2n) is 3.70. The number of carbonyl (C=O) groups excluding carboxylic acids is 1. The van der Waals surface area contributed by atoms with E-state index in [0.29, 0.717) is 11.4 Å². The number of hydrogen-bond acceptors (Lipinski definition) is 4. The number of aliphatic carboxylic acids is 1. The fourth-order valence-electron chi connectivity index (χ4n) is 1.22. The summed E-state index contributed by atoms with van der Waals surface area (Å²) < 4.78 is 25.0. The molecule has 104 valence electrons. The maximum Gasteiger partial charge on any atom is 0.312 e. The summed E-state index contributed by atoms with van der Waals surface area (Å²) in [6, 6.07) is 5.91. The molecule has 0 aliphatic heterocycles. The molecule has 0 aromatic heterocycles. The Labute approximate surface area is 110 Å². The van der Waals surface area contributed by atoms with Gasteiger partial charge in [-0.15, -0.1) is 0 Å². The first kappa shape index (κ1) is 15.0. The van der Waals surface area contributed by atoms with E-state index in [2.05, 4.69) is 10.0 Å². The van der Waals surface area contributed by atoms with Crippen molar-refractivity contribution >= 4 is 33.3 Å². The van der Waals surface area contributed by atoms with Gasteiger partial charge < -0.3 is 10.4 Å². The van der Waals surface area contributed by atoms with Crippen molar-refractivity contribution in [3.8, 4) is 0 Å². The highest BCUT2D eigenvalue weighted by Gasteiger charge is 2.09. The minimum Gasteiger partial charge on any atom is -0.481 e. The zero-order valence-corrected chi connectivity index (χ0v) is 11.0. The Morgan fingerprint density at radius 1 is 1.16 bits per heavy atom. The van der Waals surface area contributed by atoms with Gasteiger partial charge >= 0.3 is 5.97 Å². The fourth-order valence-corrected chi connectivity index (χ4v) is 1.86. The van der Waals surface area contributed by atoms with Crippen LogP contribution in [0, 0.1) is 0 Å². The average molecular weight is 286 g/mol. The molecule has 3 N–H and O–H groups in total. The minimum absolute atomic E-state index is 0.0376. The molecule has 0 radical (unpaired) electrons. The summed E-state index contributed by atoms with van der Waals surface area (Å²) in [7, 11) is -3.34. The summed E-state index contributed by atoms with van der Waals surface area (Å²) in [6.07, 6.45) is -0.621. The Morgan fingerprint density at radius 3 is 2.16 bits per heavy atom. The molecule has 0 atom stereocenters. The second-order valence-corrected chi connectivity index (χ2v) is 5.71. The van der Waals surface area contributed by atoms with Gasteiger partial charge in [0.2, 0.25) is 15.9 Å². The van der Waals surface area contributed by atoms with E-state index < -0.39 is 28.3 Å². The molecule has 1 aromatic rings.